The highest BCUT2D eigenvalue weighted by Gasteiger charge is 2.29. The van der Waals surface area contributed by atoms with Crippen LogP contribution in [0.25, 0.3) is 152 Å². The number of rotatable bonds is 4. The second-order valence-electron chi connectivity index (χ2n) is 17.7. The molecule has 15 aromatic carbocycles. The molecular formula is C64H36. The second-order valence-corrected chi connectivity index (χ2v) is 17.7. The van der Waals surface area contributed by atoms with E-state index >= 15 is 0 Å². The summed E-state index contributed by atoms with van der Waals surface area (Å²) in [5, 5.41) is 26.5. The molecule has 64 heavy (non-hydrogen) atoms. The summed E-state index contributed by atoms with van der Waals surface area (Å²) < 4.78 is 0. The lowest BCUT2D eigenvalue weighted by Crippen LogP contribution is -1.94. The molecule has 0 aliphatic rings. The van der Waals surface area contributed by atoms with E-state index in [1.165, 1.54) is 152 Å². The molecule has 0 nitrogen and oxygen atoms in total. The van der Waals surface area contributed by atoms with Gasteiger partial charge in [0.1, 0.15) is 0 Å². The fourth-order valence-corrected chi connectivity index (χ4v) is 12.2. The van der Waals surface area contributed by atoms with E-state index in [9.17, 15) is 0 Å². The van der Waals surface area contributed by atoms with Crippen molar-refractivity contribution >= 4 is 108 Å². The molecule has 0 spiro atoms. The van der Waals surface area contributed by atoms with E-state index < -0.39 is 0 Å². The molecule has 0 radical (unpaired) electrons. The van der Waals surface area contributed by atoms with E-state index in [1.807, 2.05) is 0 Å². The normalized spacial score (nSPS) is 12.4. The lowest BCUT2D eigenvalue weighted by atomic mass is 9.80. The highest BCUT2D eigenvalue weighted by Crippen LogP contribution is 2.58. The topological polar surface area (TPSA) is 0 Å². The predicted molar refractivity (Wildman–Crippen MR) is 277 cm³/mol. The second kappa shape index (κ2) is 12.6. The van der Waals surface area contributed by atoms with Gasteiger partial charge in [0.2, 0.25) is 0 Å². The summed E-state index contributed by atoms with van der Waals surface area (Å²) in [7, 11) is 0. The van der Waals surface area contributed by atoms with Crippen LogP contribution < -0.4 is 0 Å². The maximum absolute atomic E-state index is 2.59. The first kappa shape index (κ1) is 34.3. The first-order valence-corrected chi connectivity index (χ1v) is 22.4. The molecule has 0 fully saturated rings. The third kappa shape index (κ3) is 4.37. The van der Waals surface area contributed by atoms with Crippen LogP contribution in [-0.4, -0.2) is 0 Å². The van der Waals surface area contributed by atoms with Gasteiger partial charge in [-0.05, 0) is 158 Å². The van der Waals surface area contributed by atoms with Gasteiger partial charge in [0.05, 0.1) is 0 Å². The Labute approximate surface area is 368 Å². The van der Waals surface area contributed by atoms with Crippen molar-refractivity contribution in [3.63, 3.8) is 0 Å². The monoisotopic (exact) mass is 804 g/mol. The van der Waals surface area contributed by atoms with Crippen molar-refractivity contribution < 1.29 is 0 Å². The van der Waals surface area contributed by atoms with Gasteiger partial charge in [0.25, 0.3) is 0 Å². The smallest absolute Gasteiger partial charge is 0.000673 e. The summed E-state index contributed by atoms with van der Waals surface area (Å²) in [6, 6.07) is 82.2. The lowest BCUT2D eigenvalue weighted by molar-refractivity contribution is 1.61. The standard InChI is InChI=1S/C64H36/c1-4-16-37(17-5-1)41-24-10-11-25-46(41)58-54-36-53-47-26-12-22-40-23-13-29-48(55(40)47)59(53)60-49-30-14-27-44-43(39-20-8-3-9-21-39)33-35-52(56(44)49)63(64(54)60)62-50-31-15-28-45-42(38-18-6-2-7-19-38)32-34-51(57(45)50)61(58)62/h1-36H. The summed E-state index contributed by atoms with van der Waals surface area (Å²) in [4.78, 5) is 0. The van der Waals surface area contributed by atoms with Crippen molar-refractivity contribution in [2.24, 2.45) is 0 Å². The molecule has 0 saturated heterocycles. The van der Waals surface area contributed by atoms with Crippen LogP contribution in [0.3, 0.4) is 0 Å². The van der Waals surface area contributed by atoms with Gasteiger partial charge in [0.15, 0.2) is 0 Å². The average Bonchev–Trinajstić information content (AvgIpc) is 3.87. The summed E-state index contributed by atoms with van der Waals surface area (Å²) in [5.74, 6) is 0. The summed E-state index contributed by atoms with van der Waals surface area (Å²) in [6.07, 6.45) is 0. The zero-order chi connectivity index (χ0) is 41.6. The maximum atomic E-state index is 2.59. The summed E-state index contributed by atoms with van der Waals surface area (Å²) in [5.41, 5.74) is 10.0. The van der Waals surface area contributed by atoms with Gasteiger partial charge in [-0.1, -0.05) is 212 Å². The fraction of sp³-hybridized carbons (Fsp3) is 0. The van der Waals surface area contributed by atoms with E-state index in [2.05, 4.69) is 218 Å². The van der Waals surface area contributed by atoms with E-state index in [1.54, 1.807) is 0 Å². The van der Waals surface area contributed by atoms with Crippen molar-refractivity contribution in [3.8, 4) is 44.5 Å². The summed E-state index contributed by atoms with van der Waals surface area (Å²) >= 11 is 0. The van der Waals surface area contributed by atoms with Gasteiger partial charge in [-0.3, -0.25) is 0 Å². The van der Waals surface area contributed by atoms with Crippen LogP contribution in [0.4, 0.5) is 0 Å². The minimum Gasteiger partial charge on any atom is -0.0622 e. The largest absolute Gasteiger partial charge is 0.0622 e. The zero-order valence-electron chi connectivity index (χ0n) is 34.8. The highest BCUT2D eigenvalue weighted by molar-refractivity contribution is 6.53. The molecule has 0 aromatic heterocycles. The van der Waals surface area contributed by atoms with Gasteiger partial charge < -0.3 is 0 Å². The first-order chi connectivity index (χ1) is 31.8. The molecule has 0 N–H and O–H groups in total. The van der Waals surface area contributed by atoms with Gasteiger partial charge in [-0.15, -0.1) is 0 Å². The molecule has 0 unspecified atom stereocenters. The lowest BCUT2D eigenvalue weighted by Gasteiger charge is -2.22. The van der Waals surface area contributed by atoms with Crippen LogP contribution in [-0.2, 0) is 0 Å². The Balaban J connectivity index is 1.28. The van der Waals surface area contributed by atoms with Crippen LogP contribution in [0.5, 0.6) is 0 Å². The minimum atomic E-state index is 1.22. The van der Waals surface area contributed by atoms with Crippen molar-refractivity contribution in [1.29, 1.82) is 0 Å². The Morgan fingerprint density at radius 3 is 1.17 bits per heavy atom. The third-order valence-electron chi connectivity index (χ3n) is 14.7. The molecule has 0 atom stereocenters. The fourth-order valence-electron chi connectivity index (χ4n) is 12.2. The van der Waals surface area contributed by atoms with E-state index in [4.69, 9.17) is 0 Å². The number of hydrogen-bond donors (Lipinski definition) is 0. The van der Waals surface area contributed by atoms with Gasteiger partial charge in [-0.2, -0.15) is 0 Å². The van der Waals surface area contributed by atoms with Crippen molar-refractivity contribution in [2.45, 2.75) is 0 Å². The molecule has 15 aromatic rings. The Morgan fingerprint density at radius 1 is 0.172 bits per heavy atom. The van der Waals surface area contributed by atoms with Crippen LogP contribution >= 0.6 is 0 Å². The van der Waals surface area contributed by atoms with Crippen molar-refractivity contribution in [1.82, 2.24) is 0 Å². The SMILES string of the molecule is c1ccc(-c2ccccc2-c2c3cc4c5cccc6cccc(c65)c4c4c5cccc6c(-c7ccccc7)ccc(c65)c(c5c6cccc7c(-c8ccccc8)ccc(c25)c76)c34)cc1. The molecule has 0 heteroatoms. The van der Waals surface area contributed by atoms with Gasteiger partial charge in [-0.25, -0.2) is 0 Å². The molecule has 0 saturated carbocycles. The molecule has 0 amide bonds. The van der Waals surface area contributed by atoms with Crippen molar-refractivity contribution in [2.75, 3.05) is 0 Å². The Kier molecular flexibility index (Phi) is 6.77. The summed E-state index contributed by atoms with van der Waals surface area (Å²) in [6.45, 7) is 0. The van der Waals surface area contributed by atoms with E-state index in [0.29, 0.717) is 0 Å². The molecule has 0 aliphatic carbocycles. The molecule has 0 heterocycles. The maximum Gasteiger partial charge on any atom is -0.000673 e. The molecule has 0 bridgehead atoms. The minimum absolute atomic E-state index is 1.22. The van der Waals surface area contributed by atoms with Crippen LogP contribution in [0.1, 0.15) is 0 Å². The van der Waals surface area contributed by atoms with Gasteiger partial charge >= 0.3 is 0 Å². The van der Waals surface area contributed by atoms with Crippen LogP contribution in [0.2, 0.25) is 0 Å². The van der Waals surface area contributed by atoms with Crippen LogP contribution in [0.15, 0.2) is 218 Å². The number of benzene rings is 13. The quantitative estimate of drug-likeness (QED) is 0.123. The average molecular weight is 805 g/mol. The van der Waals surface area contributed by atoms with E-state index in [0.717, 1.165) is 0 Å². The zero-order valence-corrected chi connectivity index (χ0v) is 34.8. The number of hydrogen-bond acceptors (Lipinski definition) is 0. The molecule has 15 rings (SSSR count). The molecular weight excluding hydrogens is 769 g/mol. The molecule has 0 aliphatic heterocycles. The highest BCUT2D eigenvalue weighted by atomic mass is 14.3. The number of fused-ring (bicyclic) bond motifs is 10. The van der Waals surface area contributed by atoms with Crippen LogP contribution in [0, 0.1) is 0 Å². The third-order valence-corrected chi connectivity index (χ3v) is 14.7. The molecule has 292 valence electrons. The Morgan fingerprint density at radius 2 is 0.578 bits per heavy atom. The first-order valence-electron chi connectivity index (χ1n) is 22.4. The van der Waals surface area contributed by atoms with Crippen molar-refractivity contribution in [3.05, 3.63) is 218 Å². The van der Waals surface area contributed by atoms with E-state index in [-0.39, 0.29) is 0 Å². The Hall–Kier alpha value is -8.32. The van der Waals surface area contributed by atoms with Gasteiger partial charge in [0, 0.05) is 0 Å². The Bertz CT molecular complexity index is 4370. The predicted octanol–water partition coefficient (Wildman–Crippen LogP) is 18.2.